The fourth-order valence-corrected chi connectivity index (χ4v) is 7.06. The van der Waals surface area contributed by atoms with E-state index in [0.717, 1.165) is 47.8 Å². The summed E-state index contributed by atoms with van der Waals surface area (Å²) in [5.74, 6) is -3.78. The second-order valence-corrected chi connectivity index (χ2v) is 11.4. The predicted octanol–water partition coefficient (Wildman–Crippen LogP) is 6.50. The van der Waals surface area contributed by atoms with E-state index in [-0.39, 0.29) is 33.7 Å². The normalized spacial score (nSPS) is 19.2. The lowest BCUT2D eigenvalue weighted by Crippen LogP contribution is -2.50. The van der Waals surface area contributed by atoms with Crippen LogP contribution in [0.1, 0.15) is 18.1 Å². The Balaban J connectivity index is 1.53. The van der Waals surface area contributed by atoms with Crippen LogP contribution in [-0.4, -0.2) is 50.9 Å². The zero-order chi connectivity index (χ0) is 31.2. The third-order valence-electron chi connectivity index (χ3n) is 6.51. The maximum absolute atomic E-state index is 13.4. The van der Waals surface area contributed by atoms with Gasteiger partial charge in [-0.15, -0.1) is 23.5 Å². The van der Waals surface area contributed by atoms with Gasteiger partial charge in [-0.1, -0.05) is 12.1 Å². The third-order valence-corrected chi connectivity index (χ3v) is 9.19. The fraction of sp³-hybridized carbons (Fsp3) is 0.250. The van der Waals surface area contributed by atoms with Crippen LogP contribution >= 0.6 is 23.5 Å². The molecule has 224 valence electrons. The van der Waals surface area contributed by atoms with Gasteiger partial charge in [0.05, 0.1) is 34.5 Å². The van der Waals surface area contributed by atoms with Crippen LogP contribution in [0, 0.1) is 0 Å². The molecular formula is C28H18F6N2O5S2. The van der Waals surface area contributed by atoms with E-state index >= 15 is 0 Å². The molecule has 43 heavy (non-hydrogen) atoms. The molecule has 0 amide bonds. The van der Waals surface area contributed by atoms with E-state index in [2.05, 4.69) is 9.97 Å². The first-order valence-electron chi connectivity index (χ1n) is 12.4. The lowest BCUT2D eigenvalue weighted by molar-refractivity contribution is -0.171. The number of halogens is 6. The Bertz CT molecular complexity index is 1760. The van der Waals surface area contributed by atoms with E-state index in [0.29, 0.717) is 10.3 Å². The standard InChI is InChI=1S/C28H18F6N2O5S2/c1-2-40-25(39)26(13-42-20-7-9-35-18-11-14(27(29,30)31)3-5-16(18)20)23(22(37)24(38)41-26)43-21-8-10-36-19-12-15(28(32,33)34)4-6-17(19)21/h3-12,23H,2,13H2,1H3. The minimum absolute atomic E-state index is 0.0249. The van der Waals surface area contributed by atoms with Crippen molar-refractivity contribution in [2.75, 3.05) is 12.4 Å². The maximum atomic E-state index is 13.4. The highest BCUT2D eigenvalue weighted by atomic mass is 32.2. The molecule has 2 unspecified atom stereocenters. The molecular weight excluding hydrogens is 622 g/mol. The number of ketones is 1. The van der Waals surface area contributed by atoms with Crippen LogP contribution in [0.15, 0.2) is 70.7 Å². The smallest absolute Gasteiger partial charge is 0.416 e. The fourth-order valence-electron chi connectivity index (χ4n) is 4.44. The highest BCUT2D eigenvalue weighted by Gasteiger charge is 2.62. The van der Waals surface area contributed by atoms with Gasteiger partial charge in [0.25, 0.3) is 5.78 Å². The summed E-state index contributed by atoms with van der Waals surface area (Å²) < 4.78 is 90.0. The summed E-state index contributed by atoms with van der Waals surface area (Å²) in [6.45, 7) is 1.37. The molecule has 2 aromatic carbocycles. The minimum Gasteiger partial charge on any atom is -0.463 e. The molecule has 7 nitrogen and oxygen atoms in total. The molecule has 1 aliphatic heterocycles. The number of benzene rings is 2. The van der Waals surface area contributed by atoms with Crippen LogP contribution in [0.4, 0.5) is 26.3 Å². The van der Waals surface area contributed by atoms with Crippen molar-refractivity contribution in [3.8, 4) is 0 Å². The van der Waals surface area contributed by atoms with Crippen LogP contribution in [0.25, 0.3) is 21.8 Å². The van der Waals surface area contributed by atoms with Crippen molar-refractivity contribution in [1.29, 1.82) is 0 Å². The number of nitrogens with zero attached hydrogens (tertiary/aromatic N) is 2. The molecule has 2 atom stereocenters. The average molecular weight is 641 g/mol. The Morgan fingerprint density at radius 3 is 1.95 bits per heavy atom. The SMILES string of the molecule is CCOC(=O)C1(CSc2ccnc3cc(C(F)(F)F)ccc23)OC(=O)C(=O)C1Sc1ccnc2cc(C(F)(F)F)ccc12. The number of hydrogen-bond donors (Lipinski definition) is 0. The van der Waals surface area contributed by atoms with E-state index in [9.17, 15) is 40.7 Å². The Morgan fingerprint density at radius 2 is 1.42 bits per heavy atom. The second-order valence-electron chi connectivity index (χ2n) is 9.23. The predicted molar refractivity (Wildman–Crippen MR) is 144 cm³/mol. The van der Waals surface area contributed by atoms with Crippen molar-refractivity contribution in [3.05, 3.63) is 72.1 Å². The number of cyclic esters (lactones) is 1. The Labute approximate surface area is 247 Å². The first kappa shape index (κ1) is 30.6. The molecule has 5 rings (SSSR count). The van der Waals surface area contributed by atoms with Gasteiger partial charge in [0.1, 0.15) is 5.25 Å². The lowest BCUT2D eigenvalue weighted by atomic mass is 10.0. The van der Waals surface area contributed by atoms with Gasteiger partial charge in [-0.05, 0) is 43.3 Å². The summed E-state index contributed by atoms with van der Waals surface area (Å²) in [6, 6.07) is 8.75. The molecule has 3 heterocycles. The number of thioether (sulfide) groups is 2. The van der Waals surface area contributed by atoms with Crippen molar-refractivity contribution >= 4 is 63.1 Å². The van der Waals surface area contributed by atoms with Crippen molar-refractivity contribution in [1.82, 2.24) is 9.97 Å². The number of carbonyl (C=O) groups is 3. The molecule has 1 saturated heterocycles. The Hall–Kier alpha value is -3.85. The van der Waals surface area contributed by atoms with Crippen molar-refractivity contribution in [2.24, 2.45) is 0 Å². The minimum atomic E-state index is -4.62. The van der Waals surface area contributed by atoms with Gasteiger partial charge in [0.2, 0.25) is 5.60 Å². The number of fused-ring (bicyclic) bond motifs is 2. The quantitative estimate of drug-likeness (QED) is 0.0971. The van der Waals surface area contributed by atoms with Crippen molar-refractivity contribution in [3.63, 3.8) is 0 Å². The van der Waals surface area contributed by atoms with Crippen molar-refractivity contribution in [2.45, 2.75) is 39.9 Å². The van der Waals surface area contributed by atoms with Crippen LogP contribution in [0.5, 0.6) is 0 Å². The number of rotatable bonds is 7. The zero-order valence-electron chi connectivity index (χ0n) is 21.8. The molecule has 0 aliphatic carbocycles. The molecule has 15 heteroatoms. The number of ether oxygens (including phenoxy) is 2. The number of esters is 2. The van der Waals surface area contributed by atoms with Crippen LogP contribution in [0.2, 0.25) is 0 Å². The summed E-state index contributed by atoms with van der Waals surface area (Å²) in [5.41, 5.74) is -4.03. The molecule has 0 N–H and O–H groups in total. The van der Waals surface area contributed by atoms with E-state index in [1.807, 2.05) is 0 Å². The van der Waals surface area contributed by atoms with Gasteiger partial charge in [0, 0.05) is 33.0 Å². The molecule has 1 aliphatic rings. The number of hydrogen-bond acceptors (Lipinski definition) is 9. The number of carbonyl (C=O) groups excluding carboxylic acids is 3. The summed E-state index contributed by atoms with van der Waals surface area (Å²) in [5, 5.41) is -0.956. The van der Waals surface area contributed by atoms with Gasteiger partial charge in [-0.25, -0.2) is 9.59 Å². The highest BCUT2D eigenvalue weighted by Crippen LogP contribution is 2.45. The zero-order valence-corrected chi connectivity index (χ0v) is 23.4. The van der Waals surface area contributed by atoms with E-state index in [1.165, 1.54) is 43.6 Å². The van der Waals surface area contributed by atoms with Gasteiger partial charge in [-0.3, -0.25) is 14.8 Å². The highest BCUT2D eigenvalue weighted by molar-refractivity contribution is 8.01. The van der Waals surface area contributed by atoms with Gasteiger partial charge >= 0.3 is 24.3 Å². The summed E-state index contributed by atoms with van der Waals surface area (Å²) in [6.07, 6.45) is -6.71. The second kappa shape index (κ2) is 11.3. The Kier molecular flexibility index (Phi) is 8.07. The monoisotopic (exact) mass is 640 g/mol. The van der Waals surface area contributed by atoms with E-state index in [4.69, 9.17) is 9.47 Å². The summed E-state index contributed by atoms with van der Waals surface area (Å²) in [7, 11) is 0. The molecule has 0 bridgehead atoms. The summed E-state index contributed by atoms with van der Waals surface area (Å²) >= 11 is 1.68. The van der Waals surface area contributed by atoms with E-state index in [1.54, 1.807) is 0 Å². The van der Waals surface area contributed by atoms with Gasteiger partial charge in [0.15, 0.2) is 0 Å². The third kappa shape index (κ3) is 5.87. The lowest BCUT2D eigenvalue weighted by Gasteiger charge is -2.29. The summed E-state index contributed by atoms with van der Waals surface area (Å²) in [4.78, 5) is 47.7. The van der Waals surface area contributed by atoms with Crippen LogP contribution in [0.3, 0.4) is 0 Å². The topological polar surface area (TPSA) is 95.5 Å². The average Bonchev–Trinajstić information content (AvgIpc) is 3.20. The number of aromatic nitrogens is 2. The molecule has 0 saturated carbocycles. The maximum Gasteiger partial charge on any atom is 0.416 e. The van der Waals surface area contributed by atoms with Gasteiger partial charge in [-0.2, -0.15) is 26.3 Å². The molecule has 0 spiro atoms. The first-order chi connectivity index (χ1) is 20.2. The largest absolute Gasteiger partial charge is 0.463 e. The molecule has 2 aromatic heterocycles. The van der Waals surface area contributed by atoms with Gasteiger partial charge < -0.3 is 9.47 Å². The number of pyridine rings is 2. The van der Waals surface area contributed by atoms with Crippen LogP contribution in [-0.2, 0) is 36.2 Å². The first-order valence-corrected chi connectivity index (χ1v) is 14.3. The number of alkyl halides is 6. The van der Waals surface area contributed by atoms with Crippen LogP contribution < -0.4 is 0 Å². The number of Topliss-reactive ketones (excluding diaryl/α,β-unsaturated/α-hetero) is 1. The molecule has 1 fully saturated rings. The Morgan fingerprint density at radius 1 is 0.884 bits per heavy atom. The molecule has 0 radical (unpaired) electrons. The van der Waals surface area contributed by atoms with Crippen molar-refractivity contribution < 1.29 is 50.2 Å². The van der Waals surface area contributed by atoms with E-state index < -0.39 is 52.1 Å². The molecule has 4 aromatic rings.